The number of ether oxygens (including phenoxy) is 2. The Kier molecular flexibility index (Phi) is 8.15. The summed E-state index contributed by atoms with van der Waals surface area (Å²) >= 11 is 6.09. The van der Waals surface area contributed by atoms with E-state index in [9.17, 15) is 14.4 Å². The average molecular weight is 624 g/mol. The molecule has 1 atom stereocenters. The van der Waals surface area contributed by atoms with Gasteiger partial charge in [0.25, 0.3) is 0 Å². The number of halogens is 1. The quantitative estimate of drug-likeness (QED) is 0.161. The monoisotopic (exact) mass is 623 g/mol. The predicted molar refractivity (Wildman–Crippen MR) is 166 cm³/mol. The van der Waals surface area contributed by atoms with Crippen molar-refractivity contribution < 1.29 is 32.5 Å². The summed E-state index contributed by atoms with van der Waals surface area (Å²) in [6, 6.07) is 10.3. The first-order valence-electron chi connectivity index (χ1n) is 15.4. The van der Waals surface area contributed by atoms with Gasteiger partial charge in [-0.2, -0.15) is 5.10 Å². The van der Waals surface area contributed by atoms with Crippen molar-refractivity contribution in [2.45, 2.75) is 72.1 Å². The summed E-state index contributed by atoms with van der Waals surface area (Å²) in [6.45, 7) is 9.48. The normalized spacial score (nSPS) is 13.8. The van der Waals surface area contributed by atoms with Crippen molar-refractivity contribution in [3.05, 3.63) is 82.5 Å². The van der Waals surface area contributed by atoms with Gasteiger partial charge < -0.3 is 19.3 Å². The van der Waals surface area contributed by atoms with E-state index in [1.165, 1.54) is 12.4 Å². The van der Waals surface area contributed by atoms with E-state index in [1.807, 2.05) is 0 Å². The molecule has 1 N–H and O–H groups in total. The number of esters is 1. The number of nitrogens with one attached hydrogen (secondary N) is 1. The molecular formula is C33H37ClN4O6. The lowest BCUT2D eigenvalue weighted by atomic mass is 9.89. The Hall–Kier alpha value is -4.44. The van der Waals surface area contributed by atoms with Crippen LogP contribution in [0.25, 0.3) is 22.3 Å². The van der Waals surface area contributed by atoms with Crippen LogP contribution in [0.15, 0.2) is 59.4 Å². The Morgan fingerprint density at radius 2 is 1.70 bits per heavy atom. The molecule has 0 aliphatic heterocycles. The molecule has 4 aromatic rings. The van der Waals surface area contributed by atoms with Crippen molar-refractivity contribution in [1.82, 2.24) is 20.3 Å². The molecule has 0 saturated heterocycles. The van der Waals surface area contributed by atoms with Gasteiger partial charge in [0, 0.05) is 39.0 Å². The Labute approximate surface area is 265 Å². The molecule has 0 radical (unpaired) electrons. The van der Waals surface area contributed by atoms with Gasteiger partial charge in [-0.05, 0) is 89.9 Å². The van der Waals surface area contributed by atoms with Crippen LogP contribution in [0.5, 0.6) is 0 Å². The van der Waals surface area contributed by atoms with Gasteiger partial charge in [0.1, 0.15) is 17.2 Å². The molecular weight excluding hydrogens is 584 g/mol. The van der Waals surface area contributed by atoms with Gasteiger partial charge in [0.05, 0.1) is 23.9 Å². The van der Waals surface area contributed by atoms with Crippen LogP contribution >= 0.6 is 11.6 Å². The maximum atomic E-state index is 14.1. The molecule has 0 saturated carbocycles. The molecule has 1 amide bonds. The molecule has 2 heterocycles. The number of hydrogen-bond donors (Lipinski definition) is 1. The molecule has 44 heavy (non-hydrogen) atoms. The highest BCUT2D eigenvalue weighted by molar-refractivity contribution is 6.30. The Bertz CT molecular complexity index is 1750. The number of carbonyl (C=O) groups excluding carboxylic acids is 3. The van der Waals surface area contributed by atoms with E-state index in [0.717, 1.165) is 4.68 Å². The number of nitrogens with zero attached hydrogens (tertiary/aromatic N) is 3. The first-order valence-corrected chi connectivity index (χ1v) is 14.3. The molecule has 0 aliphatic rings. The standard InChI is InChI=1S/C33H37ClN4O6/c1-19-28(30(44-37-19)26(16-27(39)42-32(2,3)4)36-31(41)43-33(5,6)7)24-14-11-21(22-17-35-38(8)18-22)15-25(24)29(40)20-9-12-23(34)13-10-20/h9-15,17-18,26H,16H2,1-8H3,(H,36,41)/t26-/m0/s1/i8D3. The minimum absolute atomic E-state index is 0.104. The van der Waals surface area contributed by atoms with E-state index in [-0.39, 0.29) is 23.5 Å². The minimum atomic E-state index is -2.49. The maximum absolute atomic E-state index is 14.1. The van der Waals surface area contributed by atoms with E-state index >= 15 is 0 Å². The lowest BCUT2D eigenvalue weighted by Gasteiger charge is -2.24. The molecule has 0 unspecified atom stereocenters. The Balaban J connectivity index is 1.88. The van der Waals surface area contributed by atoms with Gasteiger partial charge in [-0.3, -0.25) is 14.3 Å². The summed E-state index contributed by atoms with van der Waals surface area (Å²) in [7, 11) is 0. The SMILES string of the molecule is [2H]C([2H])([2H])n1cc(-c2ccc(-c3c(C)noc3[C@H](CC(=O)OC(C)(C)C)NC(=O)OC(C)(C)C)c(C(=O)c3ccc(Cl)cc3)c2)cn1. The summed E-state index contributed by atoms with van der Waals surface area (Å²) < 4.78 is 40.7. The van der Waals surface area contributed by atoms with Crippen LogP contribution in [0.1, 0.15) is 85.5 Å². The number of benzene rings is 2. The number of alkyl carbamates (subject to hydrolysis) is 1. The first kappa shape index (κ1) is 28.3. The summed E-state index contributed by atoms with van der Waals surface area (Å²) in [5.41, 5.74) is 1.06. The topological polar surface area (TPSA) is 126 Å². The molecule has 2 aromatic carbocycles. The third-order valence-electron chi connectivity index (χ3n) is 6.24. The molecule has 0 bridgehead atoms. The highest BCUT2D eigenvalue weighted by atomic mass is 35.5. The molecule has 4 rings (SSSR count). The number of hydrogen-bond acceptors (Lipinski definition) is 8. The van der Waals surface area contributed by atoms with Crippen LogP contribution in [0.3, 0.4) is 0 Å². The molecule has 0 aliphatic carbocycles. The van der Waals surface area contributed by atoms with Gasteiger partial charge in [-0.25, -0.2) is 4.79 Å². The van der Waals surface area contributed by atoms with Gasteiger partial charge >= 0.3 is 12.1 Å². The van der Waals surface area contributed by atoms with Crippen molar-refractivity contribution >= 4 is 29.4 Å². The third kappa shape index (κ3) is 8.13. The van der Waals surface area contributed by atoms with Crippen LogP contribution in [-0.4, -0.2) is 44.0 Å². The van der Waals surface area contributed by atoms with Crippen LogP contribution in [-0.2, 0) is 21.2 Å². The number of carbonyl (C=O) groups is 3. The van der Waals surface area contributed by atoms with E-state index in [0.29, 0.717) is 38.5 Å². The summed E-state index contributed by atoms with van der Waals surface area (Å²) in [4.78, 5) is 40.1. The lowest BCUT2D eigenvalue weighted by molar-refractivity contribution is -0.155. The molecule has 11 heteroatoms. The maximum Gasteiger partial charge on any atom is 0.408 e. The number of aryl methyl sites for hydroxylation is 2. The summed E-state index contributed by atoms with van der Waals surface area (Å²) in [5.74, 6) is -0.887. The zero-order valence-corrected chi connectivity index (χ0v) is 26.4. The third-order valence-corrected chi connectivity index (χ3v) is 6.50. The van der Waals surface area contributed by atoms with Crippen LogP contribution in [0, 0.1) is 6.92 Å². The van der Waals surface area contributed by atoms with E-state index < -0.39 is 36.3 Å². The largest absolute Gasteiger partial charge is 0.460 e. The van der Waals surface area contributed by atoms with Gasteiger partial charge in [0.15, 0.2) is 11.5 Å². The molecule has 0 fully saturated rings. The lowest BCUT2D eigenvalue weighted by Crippen LogP contribution is -2.36. The smallest absolute Gasteiger partial charge is 0.408 e. The van der Waals surface area contributed by atoms with E-state index in [2.05, 4.69) is 15.6 Å². The van der Waals surface area contributed by atoms with Crippen LogP contribution < -0.4 is 5.32 Å². The first-order chi connectivity index (χ1) is 21.7. The number of amides is 1. The second kappa shape index (κ2) is 12.7. The molecule has 0 spiro atoms. The van der Waals surface area contributed by atoms with Crippen molar-refractivity contribution in [2.75, 3.05) is 0 Å². The van der Waals surface area contributed by atoms with Crippen molar-refractivity contribution in [3.8, 4) is 22.3 Å². The molecule has 232 valence electrons. The van der Waals surface area contributed by atoms with E-state index in [4.69, 9.17) is 29.7 Å². The second-order valence-corrected chi connectivity index (χ2v) is 12.7. The average Bonchev–Trinajstić information content (AvgIpc) is 3.58. The van der Waals surface area contributed by atoms with Crippen molar-refractivity contribution in [3.63, 3.8) is 0 Å². The fourth-order valence-corrected chi connectivity index (χ4v) is 4.65. The number of ketones is 1. The Morgan fingerprint density at radius 1 is 1.02 bits per heavy atom. The highest BCUT2D eigenvalue weighted by Crippen LogP contribution is 2.38. The fraction of sp³-hybridized carbons (Fsp3) is 0.364. The highest BCUT2D eigenvalue weighted by Gasteiger charge is 2.32. The van der Waals surface area contributed by atoms with E-state index in [1.54, 1.807) is 90.9 Å². The van der Waals surface area contributed by atoms with Gasteiger partial charge in [-0.15, -0.1) is 0 Å². The molecule has 10 nitrogen and oxygen atoms in total. The zero-order valence-electron chi connectivity index (χ0n) is 28.6. The zero-order chi connectivity index (χ0) is 34.9. The summed E-state index contributed by atoms with van der Waals surface area (Å²) in [5, 5.41) is 11.3. The predicted octanol–water partition coefficient (Wildman–Crippen LogP) is 7.23. The molecule has 2 aromatic heterocycles. The van der Waals surface area contributed by atoms with Crippen molar-refractivity contribution in [1.29, 1.82) is 0 Å². The van der Waals surface area contributed by atoms with Crippen molar-refractivity contribution in [2.24, 2.45) is 6.98 Å². The van der Waals surface area contributed by atoms with Gasteiger partial charge in [-0.1, -0.05) is 28.9 Å². The number of aromatic nitrogens is 3. The minimum Gasteiger partial charge on any atom is -0.460 e. The van der Waals surface area contributed by atoms with Crippen LogP contribution in [0.4, 0.5) is 4.79 Å². The van der Waals surface area contributed by atoms with Crippen LogP contribution in [0.2, 0.25) is 5.02 Å². The number of rotatable bonds is 8. The Morgan fingerprint density at radius 3 is 2.32 bits per heavy atom. The van der Waals surface area contributed by atoms with Gasteiger partial charge in [0.2, 0.25) is 0 Å². The summed E-state index contributed by atoms with van der Waals surface area (Å²) in [6.07, 6.45) is 1.64. The second-order valence-electron chi connectivity index (χ2n) is 12.3. The fourth-order valence-electron chi connectivity index (χ4n) is 4.52.